The van der Waals surface area contributed by atoms with E-state index in [9.17, 15) is 13.2 Å². The van der Waals surface area contributed by atoms with E-state index in [1.165, 1.54) is 0 Å². The largest absolute Gasteiger partial charge is 0.463 e. The molecular formula is C8H16O5S. The summed E-state index contributed by atoms with van der Waals surface area (Å²) in [5.74, 6) is -0.380. The Kier molecular flexibility index (Phi) is 4.54. The summed E-state index contributed by atoms with van der Waals surface area (Å²) in [6.45, 7) is 4.95. The minimum absolute atomic E-state index is 0.0524. The van der Waals surface area contributed by atoms with Crippen molar-refractivity contribution in [1.29, 1.82) is 0 Å². The number of rotatable bonds is 4. The zero-order chi connectivity index (χ0) is 11.4. The summed E-state index contributed by atoms with van der Waals surface area (Å²) in [6, 6.07) is 0. The van der Waals surface area contributed by atoms with Crippen molar-refractivity contribution in [2.24, 2.45) is 5.41 Å². The molecule has 84 valence electrons. The van der Waals surface area contributed by atoms with Crippen LogP contribution in [0.15, 0.2) is 0 Å². The summed E-state index contributed by atoms with van der Waals surface area (Å²) in [6.07, 6.45) is 0.943. The second-order valence-electron chi connectivity index (χ2n) is 3.91. The van der Waals surface area contributed by atoms with Gasteiger partial charge in [0.05, 0.1) is 11.7 Å². The minimum Gasteiger partial charge on any atom is -0.463 e. The number of esters is 1. The maximum Gasteiger partial charge on any atom is 0.311 e. The highest BCUT2D eigenvalue weighted by Gasteiger charge is 2.22. The summed E-state index contributed by atoms with van der Waals surface area (Å²) >= 11 is 0. The Balaban J connectivity index is 3.72. The fourth-order valence-corrected chi connectivity index (χ4v) is 0.907. The van der Waals surface area contributed by atoms with Gasteiger partial charge in [0.2, 0.25) is 0 Å². The first kappa shape index (κ1) is 13.4. The summed E-state index contributed by atoms with van der Waals surface area (Å²) in [5.41, 5.74) is -0.578. The van der Waals surface area contributed by atoms with Gasteiger partial charge in [-0.2, -0.15) is 8.42 Å². The first-order chi connectivity index (χ1) is 6.13. The van der Waals surface area contributed by atoms with Gasteiger partial charge in [-0.1, -0.05) is 0 Å². The second kappa shape index (κ2) is 4.75. The first-order valence-corrected chi connectivity index (χ1v) is 5.96. The molecule has 0 aliphatic heterocycles. The molecule has 0 N–H and O–H groups in total. The van der Waals surface area contributed by atoms with Gasteiger partial charge in [0, 0.05) is 0 Å². The molecule has 0 bridgehead atoms. The molecule has 0 aromatic rings. The topological polar surface area (TPSA) is 69.7 Å². The van der Waals surface area contributed by atoms with Gasteiger partial charge in [-0.25, -0.2) is 0 Å². The van der Waals surface area contributed by atoms with Gasteiger partial charge in [-0.05, 0) is 20.8 Å². The van der Waals surface area contributed by atoms with Crippen molar-refractivity contribution >= 4 is 16.1 Å². The van der Waals surface area contributed by atoms with Crippen molar-refractivity contribution in [2.75, 3.05) is 19.5 Å². The van der Waals surface area contributed by atoms with Crippen molar-refractivity contribution in [1.82, 2.24) is 0 Å². The lowest BCUT2D eigenvalue weighted by Crippen LogP contribution is -2.24. The van der Waals surface area contributed by atoms with Crippen molar-refractivity contribution in [2.45, 2.75) is 20.8 Å². The summed E-state index contributed by atoms with van der Waals surface area (Å²) in [4.78, 5) is 11.2. The van der Waals surface area contributed by atoms with Crippen LogP contribution in [0.1, 0.15) is 20.8 Å². The van der Waals surface area contributed by atoms with E-state index in [2.05, 4.69) is 4.18 Å². The third-order valence-electron chi connectivity index (χ3n) is 1.23. The highest BCUT2D eigenvalue weighted by molar-refractivity contribution is 7.85. The Labute approximate surface area is 84.5 Å². The Morgan fingerprint density at radius 2 is 1.71 bits per heavy atom. The molecule has 0 aliphatic rings. The molecule has 0 aromatic carbocycles. The molecular weight excluding hydrogens is 208 g/mol. The van der Waals surface area contributed by atoms with E-state index >= 15 is 0 Å². The summed E-state index contributed by atoms with van der Waals surface area (Å²) in [7, 11) is -3.45. The molecule has 0 spiro atoms. The van der Waals surface area contributed by atoms with Crippen LogP contribution in [0.5, 0.6) is 0 Å². The number of hydrogen-bond acceptors (Lipinski definition) is 5. The average molecular weight is 224 g/mol. The number of ether oxygens (including phenoxy) is 1. The van der Waals surface area contributed by atoms with Gasteiger partial charge >= 0.3 is 5.97 Å². The minimum atomic E-state index is -3.45. The zero-order valence-electron chi connectivity index (χ0n) is 8.86. The van der Waals surface area contributed by atoms with Crippen LogP contribution in [0.2, 0.25) is 0 Å². The van der Waals surface area contributed by atoms with Crippen molar-refractivity contribution in [3.05, 3.63) is 0 Å². The molecule has 0 unspecified atom stereocenters. The third kappa shape index (κ3) is 6.85. The highest BCUT2D eigenvalue weighted by atomic mass is 32.2. The van der Waals surface area contributed by atoms with Crippen LogP contribution in [0.25, 0.3) is 0 Å². The molecule has 0 heterocycles. The molecule has 0 radical (unpaired) electrons. The van der Waals surface area contributed by atoms with Crippen LogP contribution in [-0.4, -0.2) is 33.9 Å². The molecule has 0 rings (SSSR count). The van der Waals surface area contributed by atoms with Gasteiger partial charge in [0.25, 0.3) is 10.1 Å². The lowest BCUT2D eigenvalue weighted by Gasteiger charge is -2.16. The Bertz CT molecular complexity index is 285. The Morgan fingerprint density at radius 3 is 2.07 bits per heavy atom. The molecule has 6 heteroatoms. The SMILES string of the molecule is CC(C)(C)C(=O)OCCOS(C)(=O)=O. The van der Waals surface area contributed by atoms with Crippen molar-refractivity contribution in [3.8, 4) is 0 Å². The predicted molar refractivity (Wildman–Crippen MR) is 51.2 cm³/mol. The van der Waals surface area contributed by atoms with Crippen molar-refractivity contribution in [3.63, 3.8) is 0 Å². The highest BCUT2D eigenvalue weighted by Crippen LogP contribution is 2.14. The van der Waals surface area contributed by atoms with Crippen LogP contribution >= 0.6 is 0 Å². The fourth-order valence-electron chi connectivity index (χ4n) is 0.536. The number of carbonyl (C=O) groups excluding carboxylic acids is 1. The van der Waals surface area contributed by atoms with Gasteiger partial charge in [-0.15, -0.1) is 0 Å². The van der Waals surface area contributed by atoms with E-state index in [4.69, 9.17) is 4.74 Å². The maximum absolute atomic E-state index is 11.2. The molecule has 0 fully saturated rings. The lowest BCUT2D eigenvalue weighted by molar-refractivity contribution is -0.153. The monoisotopic (exact) mass is 224 g/mol. The normalized spacial score (nSPS) is 12.6. The van der Waals surface area contributed by atoms with Crippen LogP contribution in [0.3, 0.4) is 0 Å². The van der Waals surface area contributed by atoms with Crippen LogP contribution < -0.4 is 0 Å². The molecule has 5 nitrogen and oxygen atoms in total. The zero-order valence-corrected chi connectivity index (χ0v) is 9.68. The van der Waals surface area contributed by atoms with E-state index in [0.29, 0.717) is 0 Å². The van der Waals surface area contributed by atoms with Crippen LogP contribution in [0.4, 0.5) is 0 Å². The average Bonchev–Trinajstić information content (AvgIpc) is 1.93. The Hall–Kier alpha value is -0.620. The van der Waals surface area contributed by atoms with E-state index in [1.54, 1.807) is 20.8 Å². The number of carbonyl (C=O) groups is 1. The van der Waals surface area contributed by atoms with Crippen LogP contribution in [0, 0.1) is 5.41 Å². The van der Waals surface area contributed by atoms with Crippen LogP contribution in [-0.2, 0) is 23.8 Å². The van der Waals surface area contributed by atoms with Gasteiger partial charge in [0.1, 0.15) is 13.2 Å². The summed E-state index contributed by atoms with van der Waals surface area (Å²) < 4.78 is 30.2. The summed E-state index contributed by atoms with van der Waals surface area (Å²) in [5, 5.41) is 0. The lowest BCUT2D eigenvalue weighted by atomic mass is 9.97. The van der Waals surface area contributed by atoms with Crippen molar-refractivity contribution < 1.29 is 22.1 Å². The fraction of sp³-hybridized carbons (Fsp3) is 0.875. The smallest absolute Gasteiger partial charge is 0.311 e. The van der Waals surface area contributed by atoms with Gasteiger partial charge < -0.3 is 4.74 Å². The molecule has 0 saturated carbocycles. The van der Waals surface area contributed by atoms with E-state index < -0.39 is 15.5 Å². The molecule has 14 heavy (non-hydrogen) atoms. The molecule has 0 saturated heterocycles. The van der Waals surface area contributed by atoms with E-state index in [0.717, 1.165) is 6.26 Å². The molecule has 0 amide bonds. The van der Waals surface area contributed by atoms with Gasteiger partial charge in [-0.3, -0.25) is 8.98 Å². The third-order valence-corrected chi connectivity index (χ3v) is 1.82. The molecule has 0 atom stereocenters. The Morgan fingerprint density at radius 1 is 1.21 bits per heavy atom. The first-order valence-electron chi connectivity index (χ1n) is 4.14. The standard InChI is InChI=1S/C8H16O5S/c1-8(2,3)7(9)12-5-6-13-14(4,10)11/h5-6H2,1-4H3. The molecule has 0 aromatic heterocycles. The van der Waals surface area contributed by atoms with E-state index in [-0.39, 0.29) is 19.2 Å². The molecule has 0 aliphatic carbocycles. The van der Waals surface area contributed by atoms with Gasteiger partial charge in [0.15, 0.2) is 0 Å². The number of hydrogen-bond donors (Lipinski definition) is 0. The quantitative estimate of drug-likeness (QED) is 0.396. The second-order valence-corrected chi connectivity index (χ2v) is 5.56. The maximum atomic E-state index is 11.2. The predicted octanol–water partition coefficient (Wildman–Crippen LogP) is 0.552. The van der Waals surface area contributed by atoms with E-state index in [1.807, 2.05) is 0 Å².